The molecule has 0 radical (unpaired) electrons. The number of carbonyl (C=O) groups is 1. The van der Waals surface area contributed by atoms with Crippen LogP contribution in [0.2, 0.25) is 5.15 Å². The van der Waals surface area contributed by atoms with E-state index in [0.29, 0.717) is 46.1 Å². The van der Waals surface area contributed by atoms with Gasteiger partial charge in [0, 0.05) is 42.7 Å². The SMILES string of the molecule is COc1ccc(Nc2c(Cl)nnc3cc(OC)c(NC(=O)C#CCCN4C=CCC(C)C4)cc23)cc1F. The van der Waals surface area contributed by atoms with E-state index in [9.17, 15) is 9.18 Å². The Morgan fingerprint density at radius 1 is 1.22 bits per heavy atom. The number of aromatic nitrogens is 2. The van der Waals surface area contributed by atoms with Gasteiger partial charge in [-0.2, -0.15) is 0 Å². The molecule has 0 saturated carbocycles. The lowest BCUT2D eigenvalue weighted by molar-refractivity contribution is -0.111. The Morgan fingerprint density at radius 3 is 2.76 bits per heavy atom. The van der Waals surface area contributed by atoms with E-state index in [0.717, 1.165) is 19.5 Å². The molecule has 1 amide bonds. The Hall–Kier alpha value is -4.03. The second-order valence-electron chi connectivity index (χ2n) is 8.64. The number of fused-ring (bicyclic) bond motifs is 1. The van der Waals surface area contributed by atoms with Crippen LogP contribution in [0.25, 0.3) is 10.9 Å². The Labute approximate surface area is 219 Å². The molecule has 0 aliphatic carbocycles. The number of halogens is 2. The molecular weight excluding hydrogens is 497 g/mol. The predicted molar refractivity (Wildman–Crippen MR) is 143 cm³/mol. The van der Waals surface area contributed by atoms with E-state index in [1.807, 2.05) is 0 Å². The third-order valence-corrected chi connectivity index (χ3v) is 6.10. The number of rotatable bonds is 7. The topological polar surface area (TPSA) is 88.6 Å². The molecule has 4 rings (SSSR count). The van der Waals surface area contributed by atoms with Crippen molar-refractivity contribution >= 4 is 45.5 Å². The highest BCUT2D eigenvalue weighted by atomic mass is 35.5. The van der Waals surface area contributed by atoms with Gasteiger partial charge in [0.25, 0.3) is 5.91 Å². The van der Waals surface area contributed by atoms with Crippen LogP contribution in [0.1, 0.15) is 19.8 Å². The van der Waals surface area contributed by atoms with Gasteiger partial charge < -0.3 is 25.0 Å². The first kappa shape index (κ1) is 26.0. The summed E-state index contributed by atoms with van der Waals surface area (Å²) in [5.74, 6) is 5.67. The smallest absolute Gasteiger partial charge is 0.300 e. The molecule has 1 atom stereocenters. The quantitative estimate of drug-likeness (QED) is 0.402. The van der Waals surface area contributed by atoms with Crippen LogP contribution in [0, 0.1) is 23.6 Å². The molecule has 0 bridgehead atoms. The van der Waals surface area contributed by atoms with Gasteiger partial charge in [0.05, 0.1) is 31.1 Å². The van der Waals surface area contributed by atoms with E-state index in [1.165, 1.54) is 26.4 Å². The Bertz CT molecular complexity index is 1400. The molecule has 2 heterocycles. The fourth-order valence-corrected chi connectivity index (χ4v) is 4.21. The number of carbonyl (C=O) groups excluding carboxylic acids is 1. The molecule has 8 nitrogen and oxygen atoms in total. The fourth-order valence-electron chi connectivity index (χ4n) is 4.02. The van der Waals surface area contributed by atoms with Crippen molar-refractivity contribution in [3.8, 4) is 23.3 Å². The first-order valence-corrected chi connectivity index (χ1v) is 12.1. The molecule has 1 aromatic heterocycles. The van der Waals surface area contributed by atoms with Gasteiger partial charge in [-0.3, -0.25) is 4.79 Å². The third kappa shape index (κ3) is 6.40. The molecule has 10 heteroatoms. The number of hydrogen-bond acceptors (Lipinski definition) is 7. The molecule has 3 aromatic rings. The van der Waals surface area contributed by atoms with Crippen LogP contribution in [0.4, 0.5) is 21.5 Å². The predicted octanol–water partition coefficient (Wildman–Crippen LogP) is 5.37. The highest BCUT2D eigenvalue weighted by molar-refractivity contribution is 6.33. The highest BCUT2D eigenvalue weighted by Crippen LogP contribution is 2.37. The van der Waals surface area contributed by atoms with Crippen molar-refractivity contribution in [2.75, 3.05) is 37.9 Å². The van der Waals surface area contributed by atoms with Crippen molar-refractivity contribution in [2.45, 2.75) is 19.8 Å². The maximum absolute atomic E-state index is 14.2. The van der Waals surface area contributed by atoms with Crippen molar-refractivity contribution in [1.82, 2.24) is 15.1 Å². The molecule has 1 aliphatic heterocycles. The number of nitrogens with one attached hydrogen (secondary N) is 2. The number of benzene rings is 2. The van der Waals surface area contributed by atoms with Gasteiger partial charge in [-0.15, -0.1) is 10.2 Å². The Kier molecular flexibility index (Phi) is 8.31. The highest BCUT2D eigenvalue weighted by Gasteiger charge is 2.16. The molecule has 2 aromatic carbocycles. The van der Waals surface area contributed by atoms with Gasteiger partial charge in [0.15, 0.2) is 16.7 Å². The van der Waals surface area contributed by atoms with Crippen LogP contribution in [0.15, 0.2) is 42.6 Å². The van der Waals surface area contributed by atoms with E-state index in [1.54, 1.807) is 18.2 Å². The Morgan fingerprint density at radius 2 is 2.03 bits per heavy atom. The summed E-state index contributed by atoms with van der Waals surface area (Å²) in [7, 11) is 2.88. The largest absolute Gasteiger partial charge is 0.494 e. The molecule has 0 fully saturated rings. The third-order valence-electron chi connectivity index (χ3n) is 5.84. The van der Waals surface area contributed by atoms with E-state index in [4.69, 9.17) is 21.1 Å². The summed E-state index contributed by atoms with van der Waals surface area (Å²) >= 11 is 6.34. The summed E-state index contributed by atoms with van der Waals surface area (Å²) in [6.07, 6.45) is 5.90. The molecule has 1 unspecified atom stereocenters. The zero-order valence-corrected chi connectivity index (χ0v) is 21.5. The van der Waals surface area contributed by atoms with Gasteiger partial charge in [0.1, 0.15) is 5.75 Å². The summed E-state index contributed by atoms with van der Waals surface area (Å²) in [5, 5.41) is 14.6. The van der Waals surface area contributed by atoms with Crippen LogP contribution in [-0.4, -0.2) is 48.3 Å². The average Bonchev–Trinajstić information content (AvgIpc) is 2.88. The minimum Gasteiger partial charge on any atom is -0.494 e. The first-order valence-electron chi connectivity index (χ1n) is 11.7. The number of nitrogens with zero attached hydrogens (tertiary/aromatic N) is 3. The number of amides is 1. The average molecular weight is 524 g/mol. The summed E-state index contributed by atoms with van der Waals surface area (Å²) in [5.41, 5.74) is 1.67. The molecule has 0 spiro atoms. The van der Waals surface area contributed by atoms with Crippen molar-refractivity contribution in [2.24, 2.45) is 5.92 Å². The normalized spacial score (nSPS) is 14.6. The van der Waals surface area contributed by atoms with Gasteiger partial charge in [-0.25, -0.2) is 4.39 Å². The fraction of sp³-hybridized carbons (Fsp3) is 0.296. The van der Waals surface area contributed by atoms with Gasteiger partial charge in [-0.1, -0.05) is 30.5 Å². The minimum absolute atomic E-state index is 0.0760. The van der Waals surface area contributed by atoms with Crippen LogP contribution in [0.3, 0.4) is 0 Å². The van der Waals surface area contributed by atoms with E-state index < -0.39 is 11.7 Å². The summed E-state index contributed by atoms with van der Waals surface area (Å²) < 4.78 is 24.6. The van der Waals surface area contributed by atoms with Crippen LogP contribution in [-0.2, 0) is 4.79 Å². The van der Waals surface area contributed by atoms with Gasteiger partial charge in [0.2, 0.25) is 0 Å². The summed E-state index contributed by atoms with van der Waals surface area (Å²) in [6, 6.07) is 7.72. The zero-order valence-electron chi connectivity index (χ0n) is 20.8. The van der Waals surface area contributed by atoms with Crippen LogP contribution >= 0.6 is 11.6 Å². The molecule has 0 saturated heterocycles. The number of methoxy groups -OCH3 is 2. The van der Waals surface area contributed by atoms with Crippen molar-refractivity contribution in [3.63, 3.8) is 0 Å². The van der Waals surface area contributed by atoms with Gasteiger partial charge in [-0.05, 0) is 42.7 Å². The standard InChI is InChI=1S/C27H27ClFN5O3/c1-17-7-6-12-34(16-17)11-5-4-8-25(35)31-22-14-19-21(15-24(22)37-3)32-33-27(28)26(19)30-18-9-10-23(36-2)20(29)13-18/h6,9-10,12-15,17H,5,7,11,16H2,1-3H3,(H,30,32)(H,31,35). The van der Waals surface area contributed by atoms with E-state index in [-0.39, 0.29) is 10.9 Å². The maximum atomic E-state index is 14.2. The molecule has 2 N–H and O–H groups in total. The monoisotopic (exact) mass is 523 g/mol. The Balaban J connectivity index is 1.54. The minimum atomic E-state index is -0.533. The number of anilines is 3. The first-order chi connectivity index (χ1) is 17.9. The number of ether oxygens (including phenoxy) is 2. The zero-order chi connectivity index (χ0) is 26.4. The summed E-state index contributed by atoms with van der Waals surface area (Å²) in [4.78, 5) is 14.8. The lowest BCUT2D eigenvalue weighted by Crippen LogP contribution is -2.27. The van der Waals surface area contributed by atoms with Crippen molar-refractivity contribution in [3.05, 3.63) is 53.6 Å². The molecule has 1 aliphatic rings. The lowest BCUT2D eigenvalue weighted by Gasteiger charge is -2.26. The second kappa shape index (κ2) is 11.8. The molecular formula is C27H27ClFN5O3. The van der Waals surface area contributed by atoms with E-state index in [2.05, 4.69) is 56.8 Å². The van der Waals surface area contributed by atoms with Crippen molar-refractivity contribution < 1.29 is 18.7 Å². The van der Waals surface area contributed by atoms with Crippen LogP contribution in [0.5, 0.6) is 11.5 Å². The molecule has 192 valence electrons. The molecule has 37 heavy (non-hydrogen) atoms. The van der Waals surface area contributed by atoms with Crippen LogP contribution < -0.4 is 20.1 Å². The lowest BCUT2D eigenvalue weighted by atomic mass is 10.0. The van der Waals surface area contributed by atoms with Gasteiger partial charge >= 0.3 is 0 Å². The van der Waals surface area contributed by atoms with E-state index >= 15 is 0 Å². The van der Waals surface area contributed by atoms with Crippen molar-refractivity contribution in [1.29, 1.82) is 0 Å². The summed E-state index contributed by atoms with van der Waals surface area (Å²) in [6.45, 7) is 3.96. The number of allylic oxidation sites excluding steroid dienone is 1. The number of hydrogen-bond donors (Lipinski definition) is 2. The second-order valence-corrected chi connectivity index (χ2v) is 8.99. The maximum Gasteiger partial charge on any atom is 0.300 e.